The van der Waals surface area contributed by atoms with E-state index in [1.165, 1.54) is 6.07 Å². The van der Waals surface area contributed by atoms with Gasteiger partial charge in [-0.15, -0.1) is 0 Å². The maximum Gasteiger partial charge on any atom is 0.363 e. The number of phenols is 1. The van der Waals surface area contributed by atoms with Crippen molar-refractivity contribution < 1.29 is 9.90 Å². The van der Waals surface area contributed by atoms with Crippen LogP contribution in [-0.2, 0) is 0 Å². The maximum absolute atomic E-state index is 11.0. The molecule has 0 aromatic heterocycles. The van der Waals surface area contributed by atoms with Gasteiger partial charge < -0.3 is 10.4 Å². The monoisotopic (exact) mass is 215 g/mol. The van der Waals surface area contributed by atoms with Crippen LogP contribution in [0.15, 0.2) is 41.5 Å². The predicted molar refractivity (Wildman–Crippen MR) is 59.8 cm³/mol. The van der Waals surface area contributed by atoms with E-state index in [4.69, 9.17) is 5.53 Å². The minimum absolute atomic E-state index is 0.0456. The van der Waals surface area contributed by atoms with E-state index in [-0.39, 0.29) is 11.4 Å². The number of urea groups is 1. The van der Waals surface area contributed by atoms with Crippen LogP contribution >= 0.6 is 0 Å². The van der Waals surface area contributed by atoms with E-state index in [0.29, 0.717) is 5.39 Å². The molecule has 0 saturated carbocycles. The molecule has 80 valence electrons. The van der Waals surface area contributed by atoms with E-state index in [2.05, 4.69) is 10.4 Å². The van der Waals surface area contributed by atoms with Crippen molar-refractivity contribution in [3.05, 3.63) is 36.4 Å². The Balaban J connectivity index is 2.61. The van der Waals surface area contributed by atoms with Crippen molar-refractivity contribution in [2.75, 3.05) is 5.32 Å². The lowest BCUT2D eigenvalue weighted by atomic mass is 10.1. The summed E-state index contributed by atoms with van der Waals surface area (Å²) in [5, 5.41) is 16.3. The standard InChI is InChI=1S/C11H9N3O2/c12-14-11(16)13-10-8-4-2-1-3-7(8)5-6-9(10)15/h1-6,12,15H,(H,13,16). The molecule has 0 spiro atoms. The quantitative estimate of drug-likeness (QED) is 0.504. The van der Waals surface area contributed by atoms with Crippen molar-refractivity contribution >= 4 is 22.5 Å². The number of amides is 2. The van der Waals surface area contributed by atoms with Crippen molar-refractivity contribution in [2.45, 2.75) is 0 Å². The molecule has 0 unspecified atom stereocenters. The molecule has 0 aliphatic heterocycles. The fourth-order valence-electron chi connectivity index (χ4n) is 1.53. The molecule has 0 radical (unpaired) electrons. The zero-order valence-corrected chi connectivity index (χ0v) is 8.27. The number of aromatic hydroxyl groups is 1. The average Bonchev–Trinajstić information content (AvgIpc) is 2.32. The number of carbonyl (C=O) groups is 1. The molecular weight excluding hydrogens is 206 g/mol. The second-order valence-electron chi connectivity index (χ2n) is 3.22. The van der Waals surface area contributed by atoms with Gasteiger partial charge in [0.1, 0.15) is 5.75 Å². The fourth-order valence-corrected chi connectivity index (χ4v) is 1.53. The largest absolute Gasteiger partial charge is 0.506 e. The van der Waals surface area contributed by atoms with E-state index in [9.17, 15) is 9.90 Å². The number of nitrogens with zero attached hydrogens (tertiary/aromatic N) is 1. The third-order valence-corrected chi connectivity index (χ3v) is 2.24. The van der Waals surface area contributed by atoms with Crippen molar-refractivity contribution in [3.63, 3.8) is 0 Å². The predicted octanol–water partition coefficient (Wildman–Crippen LogP) is 3.11. The SMILES string of the molecule is N=NC(=O)Nc1c(O)ccc2ccccc12. The minimum Gasteiger partial charge on any atom is -0.506 e. The second-order valence-corrected chi connectivity index (χ2v) is 3.22. The van der Waals surface area contributed by atoms with Gasteiger partial charge in [0, 0.05) is 5.39 Å². The third-order valence-electron chi connectivity index (χ3n) is 2.24. The number of fused-ring (bicyclic) bond motifs is 1. The van der Waals surface area contributed by atoms with E-state index in [1.807, 2.05) is 12.1 Å². The minimum atomic E-state index is -0.813. The van der Waals surface area contributed by atoms with E-state index < -0.39 is 6.03 Å². The smallest absolute Gasteiger partial charge is 0.363 e. The fraction of sp³-hybridized carbons (Fsp3) is 0. The number of carbonyl (C=O) groups excluding carboxylic acids is 1. The van der Waals surface area contributed by atoms with Gasteiger partial charge in [0.15, 0.2) is 0 Å². The van der Waals surface area contributed by atoms with Crippen LogP contribution in [0.5, 0.6) is 5.75 Å². The van der Waals surface area contributed by atoms with Crippen LogP contribution in [0.25, 0.3) is 10.8 Å². The molecule has 3 N–H and O–H groups in total. The first-order valence-corrected chi connectivity index (χ1v) is 4.61. The van der Waals surface area contributed by atoms with Gasteiger partial charge in [-0.2, -0.15) is 5.53 Å². The summed E-state index contributed by atoms with van der Waals surface area (Å²) >= 11 is 0. The van der Waals surface area contributed by atoms with Gasteiger partial charge >= 0.3 is 6.03 Å². The van der Waals surface area contributed by atoms with Crippen LogP contribution in [-0.4, -0.2) is 11.1 Å². The molecule has 0 atom stereocenters. The Morgan fingerprint density at radius 3 is 2.75 bits per heavy atom. The number of hydrogen-bond donors (Lipinski definition) is 3. The normalized spacial score (nSPS) is 10.0. The molecule has 16 heavy (non-hydrogen) atoms. The summed E-state index contributed by atoms with van der Waals surface area (Å²) in [6.45, 7) is 0. The van der Waals surface area contributed by atoms with Gasteiger partial charge in [0.05, 0.1) is 5.69 Å². The van der Waals surface area contributed by atoms with Crippen molar-refractivity contribution in [3.8, 4) is 5.75 Å². The van der Waals surface area contributed by atoms with Gasteiger partial charge in [-0.05, 0) is 11.5 Å². The lowest BCUT2D eigenvalue weighted by molar-refractivity contribution is 0.257. The van der Waals surface area contributed by atoms with Crippen molar-refractivity contribution in [2.24, 2.45) is 5.11 Å². The molecule has 2 rings (SSSR count). The van der Waals surface area contributed by atoms with E-state index >= 15 is 0 Å². The summed E-state index contributed by atoms with van der Waals surface area (Å²) in [7, 11) is 0. The third kappa shape index (κ3) is 1.70. The molecule has 5 heteroatoms. The number of phenolic OH excluding ortho intramolecular Hbond substituents is 1. The Kier molecular flexibility index (Phi) is 2.51. The summed E-state index contributed by atoms with van der Waals surface area (Å²) in [6, 6.07) is 9.72. The van der Waals surface area contributed by atoms with Gasteiger partial charge in [-0.25, -0.2) is 4.79 Å². The lowest BCUT2D eigenvalue weighted by Crippen LogP contribution is -2.05. The molecule has 0 bridgehead atoms. The van der Waals surface area contributed by atoms with Crippen LogP contribution in [0.4, 0.5) is 10.5 Å². The summed E-state index contributed by atoms with van der Waals surface area (Å²) in [5.41, 5.74) is 6.84. The molecule has 5 nitrogen and oxygen atoms in total. The van der Waals surface area contributed by atoms with Gasteiger partial charge in [-0.3, -0.25) is 0 Å². The number of benzene rings is 2. The zero-order valence-electron chi connectivity index (χ0n) is 8.27. The lowest BCUT2D eigenvalue weighted by Gasteiger charge is -2.08. The first-order chi connectivity index (χ1) is 7.72. The van der Waals surface area contributed by atoms with Crippen LogP contribution in [0.1, 0.15) is 0 Å². The molecule has 0 aliphatic rings. The van der Waals surface area contributed by atoms with Crippen molar-refractivity contribution in [1.82, 2.24) is 0 Å². The Hall–Kier alpha value is -2.43. The summed E-state index contributed by atoms with van der Waals surface area (Å²) in [5.74, 6) is -0.0456. The number of anilines is 1. The molecule has 2 aromatic rings. The van der Waals surface area contributed by atoms with Gasteiger partial charge in [0.2, 0.25) is 0 Å². The van der Waals surface area contributed by atoms with Crippen LogP contribution in [0, 0.1) is 5.53 Å². The molecular formula is C11H9N3O2. The van der Waals surface area contributed by atoms with Crippen LogP contribution in [0.3, 0.4) is 0 Å². The highest BCUT2D eigenvalue weighted by atomic mass is 16.3. The number of rotatable bonds is 1. The Morgan fingerprint density at radius 2 is 2.00 bits per heavy atom. The molecule has 0 heterocycles. The summed E-state index contributed by atoms with van der Waals surface area (Å²) in [4.78, 5) is 11.0. The average molecular weight is 215 g/mol. The molecule has 0 aliphatic carbocycles. The Bertz CT molecular complexity index is 566. The highest BCUT2D eigenvalue weighted by Gasteiger charge is 2.09. The van der Waals surface area contributed by atoms with Crippen molar-refractivity contribution in [1.29, 1.82) is 5.53 Å². The summed E-state index contributed by atoms with van der Waals surface area (Å²) in [6.07, 6.45) is 0. The molecule has 2 aromatic carbocycles. The Labute approximate surface area is 91.2 Å². The zero-order chi connectivity index (χ0) is 11.5. The second kappa shape index (κ2) is 3.98. The summed E-state index contributed by atoms with van der Waals surface area (Å²) < 4.78 is 0. The molecule has 2 amide bonds. The number of hydrogen-bond acceptors (Lipinski definition) is 3. The van der Waals surface area contributed by atoms with Gasteiger partial charge in [0.25, 0.3) is 0 Å². The first-order valence-electron chi connectivity index (χ1n) is 4.61. The van der Waals surface area contributed by atoms with Gasteiger partial charge in [-0.1, -0.05) is 35.4 Å². The maximum atomic E-state index is 11.0. The van der Waals surface area contributed by atoms with Crippen LogP contribution in [0.2, 0.25) is 0 Å². The highest BCUT2D eigenvalue weighted by molar-refractivity contribution is 6.04. The number of nitrogens with one attached hydrogen (secondary N) is 2. The molecule has 0 fully saturated rings. The highest BCUT2D eigenvalue weighted by Crippen LogP contribution is 2.32. The Morgan fingerprint density at radius 1 is 1.25 bits per heavy atom. The topological polar surface area (TPSA) is 85.5 Å². The van der Waals surface area contributed by atoms with Crippen LogP contribution < -0.4 is 5.32 Å². The molecule has 0 saturated heterocycles. The first kappa shape index (κ1) is 10.1. The van der Waals surface area contributed by atoms with E-state index in [1.54, 1.807) is 18.2 Å². The van der Waals surface area contributed by atoms with E-state index in [0.717, 1.165) is 5.39 Å².